The van der Waals surface area contributed by atoms with Gasteiger partial charge in [0.25, 0.3) is 5.91 Å². The van der Waals surface area contributed by atoms with Crippen molar-refractivity contribution in [1.29, 1.82) is 0 Å². The van der Waals surface area contributed by atoms with E-state index in [4.69, 9.17) is 0 Å². The lowest BCUT2D eigenvalue weighted by Crippen LogP contribution is -2.35. The zero-order valence-corrected chi connectivity index (χ0v) is 14.4. The van der Waals surface area contributed by atoms with Gasteiger partial charge in [0.15, 0.2) is 0 Å². The number of hydrogen-bond acceptors (Lipinski definition) is 4. The number of rotatable bonds is 3. The highest BCUT2D eigenvalue weighted by atomic mass is 16.1. The third kappa shape index (κ3) is 2.93. The van der Waals surface area contributed by atoms with Crippen LogP contribution < -0.4 is 10.2 Å². The quantitative estimate of drug-likeness (QED) is 0.801. The second kappa shape index (κ2) is 6.16. The molecule has 1 atom stereocenters. The number of pyridine rings is 2. The zero-order chi connectivity index (χ0) is 17.4. The number of anilines is 1. The molecule has 5 nitrogen and oxygen atoms in total. The molecule has 0 radical (unpaired) electrons. The van der Waals surface area contributed by atoms with Gasteiger partial charge in [0.2, 0.25) is 0 Å². The first-order chi connectivity index (χ1) is 12.1. The monoisotopic (exact) mass is 332 g/mol. The van der Waals surface area contributed by atoms with Crippen molar-refractivity contribution in [2.24, 2.45) is 0 Å². The van der Waals surface area contributed by atoms with E-state index in [0.29, 0.717) is 5.56 Å². The number of carbonyl (C=O) groups excluding carboxylic acids is 1. The lowest BCUT2D eigenvalue weighted by molar-refractivity contribution is 0.0940. The van der Waals surface area contributed by atoms with Gasteiger partial charge in [0.1, 0.15) is 5.82 Å². The van der Waals surface area contributed by atoms with Crippen LogP contribution in [0.4, 0.5) is 5.82 Å². The van der Waals surface area contributed by atoms with E-state index in [1.54, 1.807) is 0 Å². The minimum Gasteiger partial charge on any atom is -0.363 e. The average Bonchev–Trinajstić information content (AvgIpc) is 3.02. The van der Waals surface area contributed by atoms with E-state index >= 15 is 0 Å². The van der Waals surface area contributed by atoms with Crippen LogP contribution in [0, 0.1) is 0 Å². The number of nitrogens with zero attached hydrogens (tertiary/aromatic N) is 3. The predicted octanol–water partition coefficient (Wildman–Crippen LogP) is 2.59. The lowest BCUT2D eigenvalue weighted by Gasteiger charge is -2.17. The molecule has 1 amide bonds. The van der Waals surface area contributed by atoms with Crippen LogP contribution in [0.2, 0.25) is 0 Å². The highest BCUT2D eigenvalue weighted by Crippen LogP contribution is 2.24. The summed E-state index contributed by atoms with van der Waals surface area (Å²) >= 11 is 0. The maximum absolute atomic E-state index is 13.0. The van der Waals surface area contributed by atoms with Gasteiger partial charge in [-0.1, -0.05) is 18.2 Å². The molecule has 5 heteroatoms. The van der Waals surface area contributed by atoms with E-state index in [1.165, 1.54) is 11.1 Å². The number of para-hydroxylation sites is 1. The van der Waals surface area contributed by atoms with Gasteiger partial charge in [-0.05, 0) is 42.2 Å². The van der Waals surface area contributed by atoms with Crippen LogP contribution in [0.1, 0.15) is 21.5 Å². The Labute approximate surface area is 146 Å². The van der Waals surface area contributed by atoms with Crippen LogP contribution in [0.5, 0.6) is 0 Å². The molecule has 0 bridgehead atoms. The van der Waals surface area contributed by atoms with E-state index in [-0.39, 0.29) is 11.9 Å². The van der Waals surface area contributed by atoms with Crippen molar-refractivity contribution < 1.29 is 4.79 Å². The van der Waals surface area contributed by atoms with Crippen molar-refractivity contribution in [1.82, 2.24) is 15.3 Å². The van der Waals surface area contributed by atoms with E-state index in [0.717, 1.165) is 29.6 Å². The number of nitrogens with one attached hydrogen (secondary N) is 1. The molecule has 0 saturated heterocycles. The topological polar surface area (TPSA) is 58.1 Å². The number of amides is 1. The summed E-state index contributed by atoms with van der Waals surface area (Å²) in [4.78, 5) is 23.7. The Morgan fingerprint density at radius 3 is 2.76 bits per heavy atom. The minimum absolute atomic E-state index is 0.0486. The third-order valence-electron chi connectivity index (χ3n) is 4.68. The Kier molecular flexibility index (Phi) is 3.84. The number of hydrogen-bond donors (Lipinski definition) is 1. The molecular formula is C20H20N4O. The predicted molar refractivity (Wildman–Crippen MR) is 99.0 cm³/mol. The molecule has 2 aromatic heterocycles. The van der Waals surface area contributed by atoms with Gasteiger partial charge < -0.3 is 10.2 Å². The molecule has 1 unspecified atom stereocenters. The first kappa shape index (κ1) is 15.6. The van der Waals surface area contributed by atoms with E-state index < -0.39 is 0 Å². The normalized spacial score (nSPS) is 15.8. The first-order valence-corrected chi connectivity index (χ1v) is 8.41. The summed E-state index contributed by atoms with van der Waals surface area (Å²) in [6, 6.07) is 11.8. The highest BCUT2D eigenvalue weighted by molar-refractivity contribution is 6.07. The van der Waals surface area contributed by atoms with E-state index in [1.807, 2.05) is 67.8 Å². The zero-order valence-electron chi connectivity index (χ0n) is 14.4. The van der Waals surface area contributed by atoms with Gasteiger partial charge >= 0.3 is 0 Å². The van der Waals surface area contributed by atoms with Gasteiger partial charge in [-0.3, -0.25) is 9.78 Å². The van der Waals surface area contributed by atoms with Crippen LogP contribution in [0.15, 0.2) is 48.8 Å². The summed E-state index contributed by atoms with van der Waals surface area (Å²) in [5.41, 5.74) is 4.00. The molecule has 0 saturated carbocycles. The number of benzene rings is 1. The molecule has 1 aromatic carbocycles. The number of carbonyl (C=O) groups is 1. The summed E-state index contributed by atoms with van der Waals surface area (Å²) in [6.45, 7) is 0. The largest absolute Gasteiger partial charge is 0.363 e. The molecule has 0 fully saturated rings. The fourth-order valence-corrected chi connectivity index (χ4v) is 3.39. The van der Waals surface area contributed by atoms with Gasteiger partial charge in [0.05, 0.1) is 11.1 Å². The van der Waals surface area contributed by atoms with Crippen molar-refractivity contribution in [3.63, 3.8) is 0 Å². The van der Waals surface area contributed by atoms with Gasteiger partial charge in [-0.2, -0.15) is 0 Å². The lowest BCUT2D eigenvalue weighted by atomic mass is 10.1. The standard InChI is InChI=1S/C20H20N4O/c1-24(2)19-11-17(16-5-3-4-6-18(16)23-19)20(25)22-15-9-13-7-8-21-12-14(13)10-15/h3-8,11-12,15H,9-10H2,1-2H3,(H,22,25). The fraction of sp³-hybridized carbons (Fsp3) is 0.250. The summed E-state index contributed by atoms with van der Waals surface area (Å²) in [5, 5.41) is 4.06. The maximum Gasteiger partial charge on any atom is 0.252 e. The maximum atomic E-state index is 13.0. The van der Waals surface area contributed by atoms with Gasteiger partial charge in [-0.25, -0.2) is 4.98 Å². The Morgan fingerprint density at radius 1 is 1.16 bits per heavy atom. The molecule has 0 spiro atoms. The molecule has 0 aliphatic heterocycles. The van der Waals surface area contributed by atoms with Crippen molar-refractivity contribution in [3.05, 3.63) is 65.5 Å². The smallest absolute Gasteiger partial charge is 0.252 e. The molecule has 1 aliphatic rings. The molecule has 25 heavy (non-hydrogen) atoms. The average molecular weight is 332 g/mol. The molecule has 3 aromatic rings. The summed E-state index contributed by atoms with van der Waals surface area (Å²) < 4.78 is 0. The molecule has 2 heterocycles. The fourth-order valence-electron chi connectivity index (χ4n) is 3.39. The summed E-state index contributed by atoms with van der Waals surface area (Å²) in [5.74, 6) is 0.732. The number of fused-ring (bicyclic) bond motifs is 2. The van der Waals surface area contributed by atoms with Crippen LogP contribution >= 0.6 is 0 Å². The van der Waals surface area contributed by atoms with Crippen molar-refractivity contribution in [3.8, 4) is 0 Å². The van der Waals surface area contributed by atoms with Crippen LogP contribution in [-0.2, 0) is 12.8 Å². The van der Waals surface area contributed by atoms with Crippen LogP contribution in [-0.4, -0.2) is 36.0 Å². The Morgan fingerprint density at radius 2 is 1.96 bits per heavy atom. The van der Waals surface area contributed by atoms with E-state index in [9.17, 15) is 4.79 Å². The second-order valence-electron chi connectivity index (χ2n) is 6.66. The third-order valence-corrected chi connectivity index (χ3v) is 4.68. The van der Waals surface area contributed by atoms with Crippen LogP contribution in [0.25, 0.3) is 10.9 Å². The molecule has 1 aliphatic carbocycles. The Hall–Kier alpha value is -2.95. The summed E-state index contributed by atoms with van der Waals surface area (Å²) in [7, 11) is 3.86. The van der Waals surface area contributed by atoms with Crippen molar-refractivity contribution in [2.45, 2.75) is 18.9 Å². The summed E-state index contributed by atoms with van der Waals surface area (Å²) in [6.07, 6.45) is 5.39. The van der Waals surface area contributed by atoms with Crippen molar-refractivity contribution >= 4 is 22.6 Å². The molecule has 1 N–H and O–H groups in total. The number of aromatic nitrogens is 2. The van der Waals surface area contributed by atoms with Gasteiger partial charge in [-0.15, -0.1) is 0 Å². The SMILES string of the molecule is CN(C)c1cc(C(=O)NC2Cc3ccncc3C2)c2ccccc2n1. The highest BCUT2D eigenvalue weighted by Gasteiger charge is 2.24. The van der Waals surface area contributed by atoms with E-state index in [2.05, 4.69) is 15.3 Å². The first-order valence-electron chi connectivity index (χ1n) is 8.41. The minimum atomic E-state index is -0.0486. The molecular weight excluding hydrogens is 312 g/mol. The van der Waals surface area contributed by atoms with Crippen molar-refractivity contribution in [2.75, 3.05) is 19.0 Å². The molecule has 4 rings (SSSR count). The van der Waals surface area contributed by atoms with Crippen LogP contribution in [0.3, 0.4) is 0 Å². The molecule has 126 valence electrons. The Bertz CT molecular complexity index is 926. The second-order valence-corrected chi connectivity index (χ2v) is 6.66. The Balaban J connectivity index is 1.64. The van der Waals surface area contributed by atoms with Gasteiger partial charge in [0, 0.05) is 37.9 Å².